The normalized spacial score (nSPS) is 12.0. The molecule has 0 saturated carbocycles. The second-order valence-corrected chi connectivity index (χ2v) is 4.39. The van der Waals surface area contributed by atoms with Crippen molar-refractivity contribution in [1.82, 2.24) is 5.32 Å². The molecule has 0 heterocycles. The van der Waals surface area contributed by atoms with E-state index in [4.69, 9.17) is 0 Å². The van der Waals surface area contributed by atoms with Crippen LogP contribution in [-0.2, 0) is 4.79 Å². The minimum atomic E-state index is -0.0338. The van der Waals surface area contributed by atoms with Gasteiger partial charge in [-0.3, -0.25) is 4.79 Å². The lowest BCUT2D eigenvalue weighted by Crippen LogP contribution is -2.28. The predicted octanol–water partition coefficient (Wildman–Crippen LogP) is 1.55. The molecule has 1 aromatic rings. The molecular formula is C13H21N3O. The number of benzene rings is 1. The molecule has 0 bridgehead atoms. The van der Waals surface area contributed by atoms with Crippen molar-refractivity contribution in [3.63, 3.8) is 0 Å². The van der Waals surface area contributed by atoms with Crippen molar-refractivity contribution in [3.8, 4) is 0 Å². The third kappa shape index (κ3) is 4.07. The highest BCUT2D eigenvalue weighted by molar-refractivity contribution is 5.92. The Balaban J connectivity index is 2.60. The van der Waals surface area contributed by atoms with E-state index in [0.717, 1.165) is 11.4 Å². The smallest absolute Gasteiger partial charge is 0.228 e. The highest BCUT2D eigenvalue weighted by Gasteiger charge is 2.11. The molecule has 1 amide bonds. The van der Waals surface area contributed by atoms with Crippen LogP contribution in [0, 0.1) is 5.92 Å². The van der Waals surface area contributed by atoms with E-state index in [1.54, 1.807) is 0 Å². The van der Waals surface area contributed by atoms with E-state index in [0.29, 0.717) is 6.54 Å². The lowest BCUT2D eigenvalue weighted by atomic mass is 10.1. The molecule has 0 aliphatic heterocycles. The molecule has 0 radical (unpaired) electrons. The van der Waals surface area contributed by atoms with Crippen LogP contribution in [0.4, 0.5) is 11.4 Å². The minimum Gasteiger partial charge on any atom is -0.378 e. The molecule has 1 aromatic carbocycles. The van der Waals surface area contributed by atoms with Gasteiger partial charge in [0.15, 0.2) is 0 Å². The summed E-state index contributed by atoms with van der Waals surface area (Å²) in [7, 11) is 5.82. The van der Waals surface area contributed by atoms with E-state index < -0.39 is 0 Å². The first-order valence-electron chi connectivity index (χ1n) is 5.77. The standard InChI is InChI=1S/C13H21N3O/c1-10(9-14-2)13(17)15-11-5-7-12(8-6-11)16(3)4/h5-8,10,14H,9H2,1-4H3,(H,15,17). The van der Waals surface area contributed by atoms with Gasteiger partial charge in [0.25, 0.3) is 0 Å². The number of hydrogen-bond acceptors (Lipinski definition) is 3. The molecule has 0 saturated heterocycles. The molecule has 0 aromatic heterocycles. The molecule has 4 nitrogen and oxygen atoms in total. The van der Waals surface area contributed by atoms with Gasteiger partial charge in [-0.15, -0.1) is 0 Å². The van der Waals surface area contributed by atoms with E-state index in [-0.39, 0.29) is 11.8 Å². The Bertz CT molecular complexity index is 359. The Morgan fingerprint density at radius 3 is 2.35 bits per heavy atom. The summed E-state index contributed by atoms with van der Waals surface area (Å²) in [5.41, 5.74) is 1.95. The fourth-order valence-electron chi connectivity index (χ4n) is 1.51. The van der Waals surface area contributed by atoms with E-state index in [1.165, 1.54) is 0 Å². The second kappa shape index (κ2) is 6.25. The van der Waals surface area contributed by atoms with Gasteiger partial charge in [-0.05, 0) is 31.3 Å². The zero-order chi connectivity index (χ0) is 12.8. The van der Waals surface area contributed by atoms with Crippen LogP contribution >= 0.6 is 0 Å². The number of carbonyl (C=O) groups is 1. The van der Waals surface area contributed by atoms with Crippen molar-refractivity contribution in [2.75, 3.05) is 37.9 Å². The second-order valence-electron chi connectivity index (χ2n) is 4.39. The first-order valence-corrected chi connectivity index (χ1v) is 5.77. The largest absolute Gasteiger partial charge is 0.378 e. The van der Waals surface area contributed by atoms with Gasteiger partial charge in [0.05, 0.1) is 0 Å². The molecule has 0 spiro atoms. The maximum absolute atomic E-state index is 11.8. The van der Waals surface area contributed by atoms with Crippen LogP contribution < -0.4 is 15.5 Å². The molecule has 0 aliphatic rings. The molecule has 1 unspecified atom stereocenters. The number of carbonyl (C=O) groups excluding carboxylic acids is 1. The number of rotatable bonds is 5. The van der Waals surface area contributed by atoms with Gasteiger partial charge in [-0.25, -0.2) is 0 Å². The van der Waals surface area contributed by atoms with Crippen LogP contribution in [0.2, 0.25) is 0 Å². The van der Waals surface area contributed by atoms with Crippen molar-refractivity contribution < 1.29 is 4.79 Å². The van der Waals surface area contributed by atoms with Crippen molar-refractivity contribution >= 4 is 17.3 Å². The maximum Gasteiger partial charge on any atom is 0.228 e. The Hall–Kier alpha value is -1.55. The highest BCUT2D eigenvalue weighted by atomic mass is 16.1. The van der Waals surface area contributed by atoms with E-state index in [2.05, 4.69) is 10.6 Å². The van der Waals surface area contributed by atoms with Crippen LogP contribution in [0.15, 0.2) is 24.3 Å². The third-order valence-corrected chi connectivity index (χ3v) is 2.61. The molecule has 0 fully saturated rings. The zero-order valence-corrected chi connectivity index (χ0v) is 10.9. The Morgan fingerprint density at radius 2 is 1.88 bits per heavy atom. The summed E-state index contributed by atoms with van der Waals surface area (Å²) in [6, 6.07) is 7.80. The fraction of sp³-hybridized carbons (Fsp3) is 0.462. The van der Waals surface area contributed by atoms with Crippen molar-refractivity contribution in [3.05, 3.63) is 24.3 Å². The topological polar surface area (TPSA) is 44.4 Å². The first-order chi connectivity index (χ1) is 8.04. The van der Waals surface area contributed by atoms with Crippen molar-refractivity contribution in [2.45, 2.75) is 6.92 Å². The molecule has 1 atom stereocenters. The average molecular weight is 235 g/mol. The van der Waals surface area contributed by atoms with Crippen LogP contribution in [0.25, 0.3) is 0 Å². The average Bonchev–Trinajstić information content (AvgIpc) is 2.30. The summed E-state index contributed by atoms with van der Waals surface area (Å²) in [5, 5.41) is 5.89. The lowest BCUT2D eigenvalue weighted by Gasteiger charge is -2.14. The highest BCUT2D eigenvalue weighted by Crippen LogP contribution is 2.16. The van der Waals surface area contributed by atoms with Crippen molar-refractivity contribution in [1.29, 1.82) is 0 Å². The monoisotopic (exact) mass is 235 g/mol. The zero-order valence-electron chi connectivity index (χ0n) is 10.9. The molecule has 1 rings (SSSR count). The van der Waals surface area contributed by atoms with Crippen LogP contribution in [0.3, 0.4) is 0 Å². The van der Waals surface area contributed by atoms with E-state index in [9.17, 15) is 4.79 Å². The number of anilines is 2. The molecule has 94 valence electrons. The van der Waals surface area contributed by atoms with Crippen molar-refractivity contribution in [2.24, 2.45) is 5.92 Å². The minimum absolute atomic E-state index is 0.0338. The lowest BCUT2D eigenvalue weighted by molar-refractivity contribution is -0.119. The Kier molecular flexibility index (Phi) is 4.97. The summed E-state index contributed by atoms with van der Waals surface area (Å²) in [6.45, 7) is 2.58. The SMILES string of the molecule is CNCC(C)C(=O)Nc1ccc(N(C)C)cc1. The van der Waals surface area contributed by atoms with Gasteiger partial charge in [0.2, 0.25) is 5.91 Å². The quantitative estimate of drug-likeness (QED) is 0.814. The fourth-order valence-corrected chi connectivity index (χ4v) is 1.51. The third-order valence-electron chi connectivity index (χ3n) is 2.61. The first kappa shape index (κ1) is 13.5. The Morgan fingerprint density at radius 1 is 1.29 bits per heavy atom. The Labute approximate surface area is 103 Å². The molecular weight excluding hydrogens is 214 g/mol. The molecule has 2 N–H and O–H groups in total. The van der Waals surface area contributed by atoms with Gasteiger partial charge in [-0.1, -0.05) is 6.92 Å². The summed E-state index contributed by atoms with van der Waals surface area (Å²) in [6.07, 6.45) is 0. The van der Waals surface area contributed by atoms with E-state index >= 15 is 0 Å². The van der Waals surface area contributed by atoms with E-state index in [1.807, 2.05) is 57.2 Å². The molecule has 0 aliphatic carbocycles. The maximum atomic E-state index is 11.8. The van der Waals surface area contributed by atoms with Gasteiger partial charge in [0, 0.05) is 37.9 Å². The van der Waals surface area contributed by atoms with Gasteiger partial charge >= 0.3 is 0 Å². The van der Waals surface area contributed by atoms with Crippen LogP contribution in [0.1, 0.15) is 6.92 Å². The van der Waals surface area contributed by atoms with Gasteiger partial charge in [-0.2, -0.15) is 0 Å². The van der Waals surface area contributed by atoms with Gasteiger partial charge < -0.3 is 15.5 Å². The summed E-state index contributed by atoms with van der Waals surface area (Å²) < 4.78 is 0. The van der Waals surface area contributed by atoms with Crippen LogP contribution in [0.5, 0.6) is 0 Å². The molecule has 4 heteroatoms. The number of hydrogen-bond donors (Lipinski definition) is 2. The summed E-state index contributed by atoms with van der Waals surface area (Å²) in [5.74, 6) is 0.00507. The van der Waals surface area contributed by atoms with Crippen LogP contribution in [-0.4, -0.2) is 33.6 Å². The number of nitrogens with one attached hydrogen (secondary N) is 2. The summed E-state index contributed by atoms with van der Waals surface area (Å²) in [4.78, 5) is 13.8. The molecule has 17 heavy (non-hydrogen) atoms. The predicted molar refractivity (Wildman–Crippen MR) is 72.5 cm³/mol. The number of nitrogens with zero attached hydrogens (tertiary/aromatic N) is 1. The summed E-state index contributed by atoms with van der Waals surface area (Å²) >= 11 is 0. The van der Waals surface area contributed by atoms with Gasteiger partial charge in [0.1, 0.15) is 0 Å². The number of amides is 1.